The Labute approximate surface area is 209 Å². The molecule has 1 aliphatic carbocycles. The van der Waals surface area contributed by atoms with Gasteiger partial charge in [-0.15, -0.1) is 0 Å². The molecule has 0 bridgehead atoms. The van der Waals surface area contributed by atoms with Crippen LogP contribution in [0.1, 0.15) is 54.9 Å². The fraction of sp³-hybridized carbons (Fsp3) is 0.480. The Morgan fingerprint density at radius 1 is 1.06 bits per heavy atom. The molecule has 2 fully saturated rings. The second-order valence-corrected chi connectivity index (χ2v) is 9.14. The van der Waals surface area contributed by atoms with Crippen molar-refractivity contribution in [2.24, 2.45) is 0 Å². The summed E-state index contributed by atoms with van der Waals surface area (Å²) in [5.74, 6) is 0.562. The fourth-order valence-electron chi connectivity index (χ4n) is 4.49. The number of halogens is 1. The first-order valence-electron chi connectivity index (χ1n) is 12.1. The first kappa shape index (κ1) is 25.3. The van der Waals surface area contributed by atoms with Crippen molar-refractivity contribution in [3.63, 3.8) is 0 Å². The minimum Gasteiger partial charge on any atom is -0.378 e. The number of hydrogen-bond donors (Lipinski definition) is 4. The molecule has 0 radical (unpaired) electrons. The number of carbonyl (C=O) groups is 2. The molecule has 2 amide bonds. The standard InChI is InChI=1S/C25H30FN7O3/c1-15(34)30-17-3-5-18(6-4-17)31-25(35)19-13-29-24(33-23-7-2-16(11-27)12-28-23)10-22(19)32-21-8-9-36-14-20(21)26/h2,7,10,12-13,17-18,20-21H,3-6,8-9,14H2,1H3,(H,30,34)(H,31,35)(H2,28,29,32,33)/t17-,18-,20?,21?. The average molecular weight is 496 g/mol. The number of hydrogen-bond acceptors (Lipinski definition) is 8. The quantitative estimate of drug-likeness (QED) is 0.460. The number of nitrogens with one attached hydrogen (secondary N) is 4. The van der Waals surface area contributed by atoms with Crippen molar-refractivity contribution in [3.8, 4) is 6.07 Å². The summed E-state index contributed by atoms with van der Waals surface area (Å²) in [5, 5.41) is 21.2. The van der Waals surface area contributed by atoms with Crippen LogP contribution in [0.15, 0.2) is 30.6 Å². The van der Waals surface area contributed by atoms with Crippen LogP contribution in [0.5, 0.6) is 0 Å². The summed E-state index contributed by atoms with van der Waals surface area (Å²) in [7, 11) is 0. The van der Waals surface area contributed by atoms with Gasteiger partial charge in [0.1, 0.15) is 23.9 Å². The van der Waals surface area contributed by atoms with Crippen molar-refractivity contribution >= 4 is 29.1 Å². The number of amides is 2. The number of anilines is 3. The largest absolute Gasteiger partial charge is 0.378 e. The summed E-state index contributed by atoms with van der Waals surface area (Å²) in [6.45, 7) is 1.94. The van der Waals surface area contributed by atoms with Gasteiger partial charge in [0, 0.05) is 44.1 Å². The van der Waals surface area contributed by atoms with Crippen molar-refractivity contribution in [2.45, 2.75) is 63.3 Å². The highest BCUT2D eigenvalue weighted by atomic mass is 19.1. The normalized spacial score (nSPS) is 23.7. The number of rotatable bonds is 7. The van der Waals surface area contributed by atoms with Crippen LogP contribution < -0.4 is 21.3 Å². The third-order valence-electron chi connectivity index (χ3n) is 6.39. The number of nitrogens with zero attached hydrogens (tertiary/aromatic N) is 3. The smallest absolute Gasteiger partial charge is 0.255 e. The second kappa shape index (κ2) is 11.8. The van der Waals surface area contributed by atoms with Crippen LogP contribution in [0, 0.1) is 11.3 Å². The molecule has 10 nitrogen and oxygen atoms in total. The van der Waals surface area contributed by atoms with Gasteiger partial charge in [-0.2, -0.15) is 5.26 Å². The predicted molar refractivity (Wildman–Crippen MR) is 132 cm³/mol. The molecule has 2 unspecified atom stereocenters. The van der Waals surface area contributed by atoms with Gasteiger partial charge in [-0.1, -0.05) is 0 Å². The number of carbonyl (C=O) groups excluding carboxylic acids is 2. The molecular formula is C25H30FN7O3. The summed E-state index contributed by atoms with van der Waals surface area (Å²) in [6, 6.07) is 6.57. The minimum absolute atomic E-state index is 0.00207. The van der Waals surface area contributed by atoms with Gasteiger partial charge in [-0.25, -0.2) is 14.4 Å². The van der Waals surface area contributed by atoms with Crippen LogP contribution in [-0.4, -0.2) is 59.3 Å². The first-order chi connectivity index (χ1) is 17.4. The number of aromatic nitrogens is 2. The summed E-state index contributed by atoms with van der Waals surface area (Å²) < 4.78 is 19.7. The molecule has 190 valence electrons. The molecule has 4 rings (SSSR count). The molecular weight excluding hydrogens is 465 g/mol. The van der Waals surface area contributed by atoms with Gasteiger partial charge in [0.25, 0.3) is 5.91 Å². The molecule has 2 aromatic rings. The van der Waals surface area contributed by atoms with Crippen LogP contribution >= 0.6 is 0 Å². The lowest BCUT2D eigenvalue weighted by atomic mass is 9.91. The van der Waals surface area contributed by atoms with Crippen LogP contribution in [-0.2, 0) is 9.53 Å². The zero-order chi connectivity index (χ0) is 25.5. The van der Waals surface area contributed by atoms with Crippen LogP contribution in [0.3, 0.4) is 0 Å². The lowest BCUT2D eigenvalue weighted by Crippen LogP contribution is -2.43. The molecule has 2 atom stereocenters. The Balaban J connectivity index is 1.49. The highest BCUT2D eigenvalue weighted by molar-refractivity contribution is 6.00. The summed E-state index contributed by atoms with van der Waals surface area (Å²) in [4.78, 5) is 33.1. The zero-order valence-corrected chi connectivity index (χ0v) is 20.1. The van der Waals surface area contributed by atoms with E-state index in [2.05, 4.69) is 31.2 Å². The predicted octanol–water partition coefficient (Wildman–Crippen LogP) is 2.81. The van der Waals surface area contributed by atoms with E-state index >= 15 is 0 Å². The number of nitriles is 1. The van der Waals surface area contributed by atoms with Gasteiger partial charge in [-0.3, -0.25) is 9.59 Å². The Morgan fingerprint density at radius 3 is 2.42 bits per heavy atom. The molecule has 1 saturated carbocycles. The van der Waals surface area contributed by atoms with Crippen LogP contribution in [0.2, 0.25) is 0 Å². The fourth-order valence-corrected chi connectivity index (χ4v) is 4.49. The Morgan fingerprint density at radius 2 is 1.78 bits per heavy atom. The average Bonchev–Trinajstić information content (AvgIpc) is 2.87. The maximum absolute atomic E-state index is 14.5. The lowest BCUT2D eigenvalue weighted by molar-refractivity contribution is -0.119. The maximum Gasteiger partial charge on any atom is 0.255 e. The highest BCUT2D eigenvalue weighted by Crippen LogP contribution is 2.26. The summed E-state index contributed by atoms with van der Waals surface area (Å²) >= 11 is 0. The minimum atomic E-state index is -1.21. The van der Waals surface area contributed by atoms with E-state index in [1.807, 2.05) is 6.07 Å². The maximum atomic E-state index is 14.5. The Bertz CT molecular complexity index is 1110. The molecule has 1 aliphatic heterocycles. The molecule has 2 aliphatic rings. The summed E-state index contributed by atoms with van der Waals surface area (Å²) in [6.07, 6.45) is 5.26. The molecule has 36 heavy (non-hydrogen) atoms. The molecule has 2 aromatic heterocycles. The van der Waals surface area contributed by atoms with E-state index in [-0.39, 0.29) is 30.5 Å². The van der Waals surface area contributed by atoms with E-state index in [0.29, 0.717) is 41.5 Å². The van der Waals surface area contributed by atoms with E-state index in [0.717, 1.165) is 25.7 Å². The first-order valence-corrected chi connectivity index (χ1v) is 12.1. The SMILES string of the molecule is CC(=O)N[C@H]1CC[C@H](NC(=O)c2cnc(Nc3ccc(C#N)cn3)cc2NC2CCOCC2F)CC1. The van der Waals surface area contributed by atoms with Crippen molar-refractivity contribution < 1.29 is 18.7 Å². The van der Waals surface area contributed by atoms with Crippen LogP contribution in [0.4, 0.5) is 21.7 Å². The van der Waals surface area contributed by atoms with E-state index in [1.54, 1.807) is 18.2 Å². The highest BCUT2D eigenvalue weighted by Gasteiger charge is 2.28. The molecule has 3 heterocycles. The monoisotopic (exact) mass is 495 g/mol. The third-order valence-corrected chi connectivity index (χ3v) is 6.39. The van der Waals surface area contributed by atoms with E-state index in [4.69, 9.17) is 10.00 Å². The lowest BCUT2D eigenvalue weighted by Gasteiger charge is -2.30. The van der Waals surface area contributed by atoms with E-state index < -0.39 is 12.2 Å². The second-order valence-electron chi connectivity index (χ2n) is 9.14. The molecule has 1 saturated heterocycles. The molecule has 11 heteroatoms. The zero-order valence-electron chi connectivity index (χ0n) is 20.1. The van der Waals surface area contributed by atoms with Crippen molar-refractivity contribution in [1.82, 2.24) is 20.6 Å². The number of pyridine rings is 2. The van der Waals surface area contributed by atoms with E-state index in [1.165, 1.54) is 19.3 Å². The van der Waals surface area contributed by atoms with Crippen molar-refractivity contribution in [1.29, 1.82) is 5.26 Å². The van der Waals surface area contributed by atoms with Crippen molar-refractivity contribution in [2.75, 3.05) is 23.8 Å². The van der Waals surface area contributed by atoms with Crippen molar-refractivity contribution in [3.05, 3.63) is 41.7 Å². The number of alkyl halides is 1. The topological polar surface area (TPSA) is 141 Å². The van der Waals surface area contributed by atoms with Gasteiger partial charge in [0.15, 0.2) is 0 Å². The van der Waals surface area contributed by atoms with Crippen LogP contribution in [0.25, 0.3) is 0 Å². The van der Waals surface area contributed by atoms with Gasteiger partial charge >= 0.3 is 0 Å². The molecule has 4 N–H and O–H groups in total. The number of ether oxygens (including phenoxy) is 1. The van der Waals surface area contributed by atoms with Gasteiger partial charge in [-0.05, 0) is 44.2 Å². The van der Waals surface area contributed by atoms with Gasteiger partial charge in [0.2, 0.25) is 5.91 Å². The third kappa shape index (κ3) is 6.66. The Kier molecular flexibility index (Phi) is 8.28. The van der Waals surface area contributed by atoms with Gasteiger partial charge < -0.3 is 26.0 Å². The summed E-state index contributed by atoms with van der Waals surface area (Å²) in [5.41, 5.74) is 1.21. The molecule has 0 aromatic carbocycles. The molecule has 0 spiro atoms. The van der Waals surface area contributed by atoms with E-state index in [9.17, 15) is 14.0 Å². The Hall–Kier alpha value is -3.78. The van der Waals surface area contributed by atoms with Gasteiger partial charge in [0.05, 0.1) is 29.5 Å².